The van der Waals surface area contributed by atoms with Crippen LogP contribution in [-0.4, -0.2) is 35.3 Å². The predicted molar refractivity (Wildman–Crippen MR) is 72.1 cm³/mol. The number of halogens is 1. The van der Waals surface area contributed by atoms with Crippen LogP contribution >= 0.6 is 23.8 Å². The van der Waals surface area contributed by atoms with E-state index in [2.05, 4.69) is 5.32 Å². The van der Waals surface area contributed by atoms with E-state index in [4.69, 9.17) is 28.9 Å². The van der Waals surface area contributed by atoms with Crippen LogP contribution in [0.15, 0.2) is 18.2 Å². The molecule has 0 aliphatic carbocycles. The van der Waals surface area contributed by atoms with Crippen molar-refractivity contribution in [2.24, 2.45) is 0 Å². The number of aryl methyl sites for hydroxylation is 1. The molecule has 88 valence electrons. The van der Waals surface area contributed by atoms with Crippen molar-refractivity contribution >= 4 is 34.6 Å². The quantitative estimate of drug-likeness (QED) is 0.816. The summed E-state index contributed by atoms with van der Waals surface area (Å²) >= 11 is 11.0. The van der Waals surface area contributed by atoms with E-state index < -0.39 is 0 Å². The fraction of sp³-hybridized carbons (Fsp3) is 0.364. The molecular weight excluding hydrogens is 244 g/mol. The number of aliphatic hydroxyl groups is 1. The maximum Gasteiger partial charge on any atom is 0.173 e. The first-order valence-electron chi connectivity index (χ1n) is 4.93. The number of thiocarbonyl (C=S) groups is 1. The third-order valence-corrected chi connectivity index (χ3v) is 2.86. The summed E-state index contributed by atoms with van der Waals surface area (Å²) < 4.78 is 0. The molecule has 1 aromatic rings. The second-order valence-electron chi connectivity index (χ2n) is 3.53. The van der Waals surface area contributed by atoms with Gasteiger partial charge < -0.3 is 15.3 Å². The molecule has 0 bridgehead atoms. The standard InChI is InChI=1S/C11H15ClN2OS/c1-8-7-9(12)3-4-10(8)13-11(16)14(2)5-6-15/h3-4,7,15H,5-6H2,1-2H3,(H,13,16). The lowest BCUT2D eigenvalue weighted by molar-refractivity contribution is 0.265. The van der Waals surface area contributed by atoms with Gasteiger partial charge in [-0.2, -0.15) is 0 Å². The van der Waals surface area contributed by atoms with E-state index in [0.29, 0.717) is 16.7 Å². The Morgan fingerprint density at radius 1 is 1.56 bits per heavy atom. The smallest absolute Gasteiger partial charge is 0.173 e. The predicted octanol–water partition coefficient (Wildman–Crippen LogP) is 2.27. The summed E-state index contributed by atoms with van der Waals surface area (Å²) in [7, 11) is 1.83. The Bertz CT molecular complexity index is 384. The molecule has 0 atom stereocenters. The van der Waals surface area contributed by atoms with Gasteiger partial charge >= 0.3 is 0 Å². The lowest BCUT2D eigenvalue weighted by Crippen LogP contribution is -2.33. The highest BCUT2D eigenvalue weighted by molar-refractivity contribution is 7.80. The van der Waals surface area contributed by atoms with Gasteiger partial charge in [0.2, 0.25) is 0 Å². The van der Waals surface area contributed by atoms with E-state index >= 15 is 0 Å². The van der Waals surface area contributed by atoms with Crippen molar-refractivity contribution in [3.8, 4) is 0 Å². The molecule has 1 rings (SSSR count). The van der Waals surface area contributed by atoms with Crippen LogP contribution in [0.1, 0.15) is 5.56 Å². The molecule has 3 nitrogen and oxygen atoms in total. The highest BCUT2D eigenvalue weighted by Crippen LogP contribution is 2.19. The minimum atomic E-state index is 0.0813. The lowest BCUT2D eigenvalue weighted by Gasteiger charge is -2.20. The van der Waals surface area contributed by atoms with E-state index in [0.717, 1.165) is 11.3 Å². The van der Waals surface area contributed by atoms with Crippen LogP contribution in [0.4, 0.5) is 5.69 Å². The summed E-state index contributed by atoms with van der Waals surface area (Å²) in [5.74, 6) is 0. The molecule has 0 unspecified atom stereocenters. The number of rotatable bonds is 3. The topological polar surface area (TPSA) is 35.5 Å². The molecule has 0 aromatic heterocycles. The Labute approximate surface area is 106 Å². The number of nitrogens with zero attached hydrogens (tertiary/aromatic N) is 1. The van der Waals surface area contributed by atoms with Gasteiger partial charge in [-0.25, -0.2) is 0 Å². The molecule has 1 aromatic carbocycles. The Hall–Kier alpha value is -0.840. The first-order valence-corrected chi connectivity index (χ1v) is 5.72. The molecule has 5 heteroatoms. The van der Waals surface area contributed by atoms with Gasteiger partial charge in [-0.15, -0.1) is 0 Å². The van der Waals surface area contributed by atoms with Gasteiger partial charge in [0.1, 0.15) is 0 Å². The fourth-order valence-electron chi connectivity index (χ4n) is 1.23. The molecule has 0 spiro atoms. The Morgan fingerprint density at radius 2 is 2.25 bits per heavy atom. The maximum absolute atomic E-state index is 8.80. The fourth-order valence-corrected chi connectivity index (χ4v) is 1.66. The second kappa shape index (κ2) is 6.03. The third kappa shape index (κ3) is 3.63. The Morgan fingerprint density at radius 3 is 2.81 bits per heavy atom. The van der Waals surface area contributed by atoms with Crippen molar-refractivity contribution < 1.29 is 5.11 Å². The second-order valence-corrected chi connectivity index (χ2v) is 4.36. The number of anilines is 1. The average molecular weight is 259 g/mol. The van der Waals surface area contributed by atoms with E-state index in [1.807, 2.05) is 32.2 Å². The zero-order chi connectivity index (χ0) is 12.1. The van der Waals surface area contributed by atoms with Crippen LogP contribution in [0.25, 0.3) is 0 Å². The van der Waals surface area contributed by atoms with Crippen molar-refractivity contribution in [2.45, 2.75) is 6.92 Å². The third-order valence-electron chi connectivity index (χ3n) is 2.21. The van der Waals surface area contributed by atoms with Gasteiger partial charge in [0.15, 0.2) is 5.11 Å². The molecule has 0 fully saturated rings. The zero-order valence-electron chi connectivity index (χ0n) is 9.33. The van der Waals surface area contributed by atoms with Crippen LogP contribution in [0.5, 0.6) is 0 Å². The van der Waals surface area contributed by atoms with Gasteiger partial charge in [-0.3, -0.25) is 0 Å². The first-order chi connectivity index (χ1) is 7.54. The van der Waals surface area contributed by atoms with Crippen LogP contribution in [0, 0.1) is 6.92 Å². The molecule has 0 aliphatic heterocycles. The number of benzene rings is 1. The van der Waals surface area contributed by atoms with Crippen molar-refractivity contribution in [3.05, 3.63) is 28.8 Å². The summed E-state index contributed by atoms with van der Waals surface area (Å²) in [6.45, 7) is 2.55. The van der Waals surface area contributed by atoms with E-state index in [1.165, 1.54) is 0 Å². The van der Waals surface area contributed by atoms with Crippen molar-refractivity contribution in [1.29, 1.82) is 0 Å². The SMILES string of the molecule is Cc1cc(Cl)ccc1NC(=S)N(C)CCO. The van der Waals surface area contributed by atoms with Crippen molar-refractivity contribution in [1.82, 2.24) is 4.90 Å². The number of likely N-dealkylation sites (N-methyl/N-ethyl adjacent to an activating group) is 1. The molecule has 0 radical (unpaired) electrons. The molecule has 2 N–H and O–H groups in total. The molecule has 0 aliphatic rings. The van der Waals surface area contributed by atoms with E-state index in [-0.39, 0.29) is 6.61 Å². The van der Waals surface area contributed by atoms with E-state index in [1.54, 1.807) is 4.90 Å². The monoisotopic (exact) mass is 258 g/mol. The number of hydrogen-bond donors (Lipinski definition) is 2. The molecule has 0 saturated carbocycles. The highest BCUT2D eigenvalue weighted by atomic mass is 35.5. The van der Waals surface area contributed by atoms with Crippen molar-refractivity contribution in [2.75, 3.05) is 25.5 Å². The summed E-state index contributed by atoms with van der Waals surface area (Å²) in [6.07, 6.45) is 0. The molecule has 16 heavy (non-hydrogen) atoms. The van der Waals surface area contributed by atoms with Gasteiger partial charge in [-0.1, -0.05) is 11.6 Å². The van der Waals surface area contributed by atoms with Crippen LogP contribution in [0.2, 0.25) is 5.02 Å². The Balaban J connectivity index is 2.69. The summed E-state index contributed by atoms with van der Waals surface area (Å²) in [4.78, 5) is 1.78. The van der Waals surface area contributed by atoms with E-state index in [9.17, 15) is 0 Å². The van der Waals surface area contributed by atoms with Gasteiger partial charge in [0.25, 0.3) is 0 Å². The van der Waals surface area contributed by atoms with Crippen LogP contribution in [-0.2, 0) is 0 Å². The molecule has 0 saturated heterocycles. The summed E-state index contributed by atoms with van der Waals surface area (Å²) in [5, 5.41) is 13.2. The van der Waals surface area contributed by atoms with Gasteiger partial charge in [0.05, 0.1) is 6.61 Å². The highest BCUT2D eigenvalue weighted by Gasteiger charge is 2.05. The van der Waals surface area contributed by atoms with Gasteiger partial charge in [0, 0.05) is 24.3 Å². The number of aliphatic hydroxyl groups excluding tert-OH is 1. The number of nitrogens with one attached hydrogen (secondary N) is 1. The minimum Gasteiger partial charge on any atom is -0.395 e. The first kappa shape index (κ1) is 13.2. The maximum atomic E-state index is 8.80. The summed E-state index contributed by atoms with van der Waals surface area (Å²) in [6, 6.07) is 5.57. The molecular formula is C11H15ClN2OS. The van der Waals surface area contributed by atoms with Crippen molar-refractivity contribution in [3.63, 3.8) is 0 Å². The average Bonchev–Trinajstić information content (AvgIpc) is 2.22. The minimum absolute atomic E-state index is 0.0813. The van der Waals surface area contributed by atoms with Gasteiger partial charge in [-0.05, 0) is 42.9 Å². The van der Waals surface area contributed by atoms with Crippen LogP contribution < -0.4 is 5.32 Å². The normalized spacial score (nSPS) is 10.0. The Kier molecular flexibility index (Phi) is 4.99. The number of hydrogen-bond acceptors (Lipinski definition) is 2. The largest absolute Gasteiger partial charge is 0.395 e. The molecule has 0 amide bonds. The molecule has 0 heterocycles. The van der Waals surface area contributed by atoms with Crippen LogP contribution in [0.3, 0.4) is 0 Å². The zero-order valence-corrected chi connectivity index (χ0v) is 10.9. The summed E-state index contributed by atoms with van der Waals surface area (Å²) in [5.41, 5.74) is 1.96. The lowest BCUT2D eigenvalue weighted by atomic mass is 10.2.